The first-order chi connectivity index (χ1) is 13.1. The molecule has 0 unspecified atom stereocenters. The van der Waals surface area contributed by atoms with Crippen molar-refractivity contribution in [3.8, 4) is 0 Å². The number of carbonyl (C=O) groups is 1. The number of hydrogen-bond acceptors (Lipinski definition) is 7. The second kappa shape index (κ2) is 7.42. The van der Waals surface area contributed by atoms with Gasteiger partial charge in [-0.05, 0) is 30.2 Å². The number of carbonyl (C=O) groups excluding carboxylic acids is 1. The van der Waals surface area contributed by atoms with Crippen molar-refractivity contribution in [3.05, 3.63) is 65.4 Å². The fourth-order valence-corrected chi connectivity index (χ4v) is 4.44. The molecule has 0 spiro atoms. The zero-order valence-corrected chi connectivity index (χ0v) is 16.1. The zero-order valence-electron chi connectivity index (χ0n) is 14.4. The van der Waals surface area contributed by atoms with Crippen LogP contribution in [0.5, 0.6) is 0 Å². The number of amides is 1. The first kappa shape index (κ1) is 17.6. The lowest BCUT2D eigenvalue weighted by atomic mass is 10.1. The summed E-state index contributed by atoms with van der Waals surface area (Å²) in [7, 11) is 0. The van der Waals surface area contributed by atoms with Gasteiger partial charge in [0.25, 0.3) is 5.91 Å². The van der Waals surface area contributed by atoms with E-state index in [1.165, 1.54) is 22.5 Å². The maximum Gasteiger partial charge on any atom is 0.295 e. The predicted molar refractivity (Wildman–Crippen MR) is 109 cm³/mol. The Bertz CT molecular complexity index is 1120. The molecule has 4 aromatic rings. The van der Waals surface area contributed by atoms with Crippen LogP contribution in [0.3, 0.4) is 0 Å². The van der Waals surface area contributed by atoms with Crippen LogP contribution in [0, 0.1) is 6.92 Å². The van der Waals surface area contributed by atoms with E-state index in [1.807, 2.05) is 30.3 Å². The Hall–Kier alpha value is -2.84. The van der Waals surface area contributed by atoms with Crippen molar-refractivity contribution >= 4 is 50.8 Å². The van der Waals surface area contributed by atoms with E-state index in [9.17, 15) is 4.79 Å². The van der Waals surface area contributed by atoms with Crippen LogP contribution in [-0.2, 0) is 5.75 Å². The minimum absolute atomic E-state index is 0.0838. The molecule has 2 aromatic carbocycles. The molecule has 2 heterocycles. The number of nitrogen functional groups attached to an aromatic ring is 1. The molecule has 0 radical (unpaired) electrons. The van der Waals surface area contributed by atoms with Crippen LogP contribution < -0.4 is 11.1 Å². The molecule has 27 heavy (non-hydrogen) atoms. The Morgan fingerprint density at radius 3 is 2.78 bits per heavy atom. The lowest BCUT2D eigenvalue weighted by Gasteiger charge is -2.02. The number of nitrogens with two attached hydrogens (primary N) is 1. The summed E-state index contributed by atoms with van der Waals surface area (Å²) < 4.78 is 6.36. The van der Waals surface area contributed by atoms with Crippen LogP contribution in [0.2, 0.25) is 0 Å². The standard InChI is InChI=1S/C19H16N4O2S2/c1-11-6-2-3-7-12(11)10-26-19-23-22-18(27-19)21-17(24)16-15(20)13-8-4-5-9-14(13)25-16/h2-9H,10,20H2,1H3,(H,21,22,24). The number of benzene rings is 2. The lowest BCUT2D eigenvalue weighted by Crippen LogP contribution is -2.12. The summed E-state index contributed by atoms with van der Waals surface area (Å²) in [6.07, 6.45) is 0. The molecule has 2 aromatic heterocycles. The monoisotopic (exact) mass is 396 g/mol. The molecule has 136 valence electrons. The van der Waals surface area contributed by atoms with Gasteiger partial charge in [-0.1, -0.05) is 59.5 Å². The van der Waals surface area contributed by atoms with Crippen molar-refractivity contribution in [3.63, 3.8) is 0 Å². The molecule has 0 saturated carbocycles. The molecule has 3 N–H and O–H groups in total. The highest BCUT2D eigenvalue weighted by molar-refractivity contribution is 8.00. The van der Waals surface area contributed by atoms with Crippen molar-refractivity contribution in [2.75, 3.05) is 11.1 Å². The fraction of sp³-hybridized carbons (Fsp3) is 0.105. The van der Waals surface area contributed by atoms with Crippen molar-refractivity contribution in [2.45, 2.75) is 17.0 Å². The van der Waals surface area contributed by atoms with Gasteiger partial charge in [0.2, 0.25) is 10.9 Å². The Labute approximate surface area is 163 Å². The Morgan fingerprint density at radius 1 is 1.19 bits per heavy atom. The van der Waals surface area contributed by atoms with Gasteiger partial charge in [-0.3, -0.25) is 10.1 Å². The average Bonchev–Trinajstić information content (AvgIpc) is 3.26. The molecule has 8 heteroatoms. The molecule has 4 rings (SSSR count). The summed E-state index contributed by atoms with van der Waals surface area (Å²) in [4.78, 5) is 12.5. The van der Waals surface area contributed by atoms with Gasteiger partial charge in [0, 0.05) is 11.1 Å². The second-order valence-corrected chi connectivity index (χ2v) is 8.08. The number of furan rings is 1. The van der Waals surface area contributed by atoms with Crippen molar-refractivity contribution in [2.24, 2.45) is 0 Å². The number of hydrogen-bond donors (Lipinski definition) is 2. The van der Waals surface area contributed by atoms with Crippen LogP contribution in [0.1, 0.15) is 21.7 Å². The second-order valence-electron chi connectivity index (χ2n) is 5.88. The van der Waals surface area contributed by atoms with E-state index < -0.39 is 5.91 Å². The quantitative estimate of drug-likeness (QED) is 0.374. The third kappa shape index (κ3) is 3.67. The van der Waals surface area contributed by atoms with E-state index in [2.05, 4.69) is 34.6 Å². The Morgan fingerprint density at radius 2 is 1.96 bits per heavy atom. The first-order valence-electron chi connectivity index (χ1n) is 8.21. The first-order valence-corrected chi connectivity index (χ1v) is 10.0. The van der Waals surface area contributed by atoms with Crippen LogP contribution >= 0.6 is 23.1 Å². The van der Waals surface area contributed by atoms with E-state index in [-0.39, 0.29) is 5.76 Å². The SMILES string of the molecule is Cc1ccccc1CSc1nnc(NC(=O)c2oc3ccccc3c2N)s1. The zero-order chi connectivity index (χ0) is 18.8. The smallest absolute Gasteiger partial charge is 0.295 e. The number of aromatic nitrogens is 2. The third-order valence-electron chi connectivity index (χ3n) is 4.08. The van der Waals surface area contributed by atoms with Gasteiger partial charge >= 0.3 is 0 Å². The number of nitrogens with one attached hydrogen (secondary N) is 1. The molecule has 0 atom stereocenters. The van der Waals surface area contributed by atoms with Gasteiger partial charge < -0.3 is 10.2 Å². The number of aryl methyl sites for hydroxylation is 1. The van der Waals surface area contributed by atoms with Crippen LogP contribution in [0.15, 0.2) is 57.3 Å². The molecule has 0 aliphatic carbocycles. The Balaban J connectivity index is 1.45. The summed E-state index contributed by atoms with van der Waals surface area (Å²) >= 11 is 2.90. The summed E-state index contributed by atoms with van der Waals surface area (Å²) in [5, 5.41) is 12.0. The fourth-order valence-electron chi connectivity index (χ4n) is 2.62. The summed E-state index contributed by atoms with van der Waals surface area (Å²) in [6.45, 7) is 2.08. The van der Waals surface area contributed by atoms with Gasteiger partial charge in [-0.15, -0.1) is 10.2 Å². The van der Waals surface area contributed by atoms with Gasteiger partial charge in [0.15, 0.2) is 4.34 Å². The molecular weight excluding hydrogens is 380 g/mol. The van der Waals surface area contributed by atoms with Crippen LogP contribution in [0.4, 0.5) is 10.8 Å². The van der Waals surface area contributed by atoms with Crippen LogP contribution in [0.25, 0.3) is 11.0 Å². The highest BCUT2D eigenvalue weighted by Crippen LogP contribution is 2.31. The molecule has 0 fully saturated rings. The van der Waals surface area contributed by atoms with Gasteiger partial charge in [-0.2, -0.15) is 0 Å². The number of rotatable bonds is 5. The van der Waals surface area contributed by atoms with Crippen molar-refractivity contribution < 1.29 is 9.21 Å². The molecule has 1 amide bonds. The van der Waals surface area contributed by atoms with Crippen LogP contribution in [-0.4, -0.2) is 16.1 Å². The maximum atomic E-state index is 12.5. The van der Waals surface area contributed by atoms with E-state index in [0.29, 0.717) is 16.4 Å². The number of anilines is 2. The minimum atomic E-state index is -0.435. The van der Waals surface area contributed by atoms with Gasteiger partial charge in [0.1, 0.15) is 5.58 Å². The summed E-state index contributed by atoms with van der Waals surface area (Å²) in [5.41, 5.74) is 9.42. The highest BCUT2D eigenvalue weighted by Gasteiger charge is 2.20. The number of nitrogens with zero attached hydrogens (tertiary/aromatic N) is 2. The maximum absolute atomic E-state index is 12.5. The lowest BCUT2D eigenvalue weighted by molar-refractivity contribution is 0.0999. The largest absolute Gasteiger partial charge is 0.449 e. The molecule has 6 nitrogen and oxygen atoms in total. The summed E-state index contributed by atoms with van der Waals surface area (Å²) in [5.74, 6) is 0.446. The molecule has 0 bridgehead atoms. The van der Waals surface area contributed by atoms with Crippen molar-refractivity contribution in [1.29, 1.82) is 0 Å². The molecule has 0 saturated heterocycles. The molecular formula is C19H16N4O2S2. The van der Waals surface area contributed by atoms with E-state index in [0.717, 1.165) is 15.5 Å². The average molecular weight is 396 g/mol. The number of fused-ring (bicyclic) bond motifs is 1. The van der Waals surface area contributed by atoms with Gasteiger partial charge in [-0.25, -0.2) is 0 Å². The normalized spacial score (nSPS) is 11.0. The van der Waals surface area contributed by atoms with E-state index in [4.69, 9.17) is 10.2 Å². The van der Waals surface area contributed by atoms with E-state index >= 15 is 0 Å². The highest BCUT2D eigenvalue weighted by atomic mass is 32.2. The topological polar surface area (TPSA) is 94.0 Å². The van der Waals surface area contributed by atoms with E-state index in [1.54, 1.807) is 17.8 Å². The molecule has 0 aliphatic rings. The summed E-state index contributed by atoms with van der Waals surface area (Å²) in [6, 6.07) is 15.5. The Kier molecular flexibility index (Phi) is 4.83. The molecule has 0 aliphatic heterocycles. The number of thioether (sulfide) groups is 1. The van der Waals surface area contributed by atoms with Crippen molar-refractivity contribution in [1.82, 2.24) is 10.2 Å². The third-order valence-corrected chi connectivity index (χ3v) is 6.10. The predicted octanol–water partition coefficient (Wildman–Crippen LogP) is 4.72. The number of para-hydroxylation sites is 1. The minimum Gasteiger partial charge on any atom is -0.449 e. The van der Waals surface area contributed by atoms with Gasteiger partial charge in [0.05, 0.1) is 5.69 Å².